The molecule has 0 heterocycles. The average molecular weight is 406 g/mol. The Hall–Kier alpha value is -0.270. The summed E-state index contributed by atoms with van der Waals surface area (Å²) in [7, 11) is 0. The summed E-state index contributed by atoms with van der Waals surface area (Å²) < 4.78 is 46.6. The van der Waals surface area contributed by atoms with E-state index >= 15 is 0 Å². The Morgan fingerprint density at radius 2 is 2.00 bits per heavy atom. The van der Waals surface area contributed by atoms with E-state index in [-0.39, 0.29) is 11.4 Å². The van der Waals surface area contributed by atoms with Crippen LogP contribution in [-0.4, -0.2) is 26.0 Å². The summed E-state index contributed by atoms with van der Waals surface area (Å²) in [5, 5.41) is 0. The van der Waals surface area contributed by atoms with Gasteiger partial charge in [-0.25, -0.2) is 0 Å². The highest BCUT2D eigenvalue weighted by Crippen LogP contribution is 2.32. The minimum atomic E-state index is -4.30. The molecule has 0 saturated carbocycles. The maximum atomic E-state index is 11.9. The van der Waals surface area contributed by atoms with Crippen LogP contribution in [0.25, 0.3) is 0 Å². The summed E-state index contributed by atoms with van der Waals surface area (Å²) in [5.74, 6) is 0.696. The van der Waals surface area contributed by atoms with E-state index in [9.17, 15) is 13.2 Å². The van der Waals surface area contributed by atoms with Crippen LogP contribution < -0.4 is 4.74 Å². The van der Waals surface area contributed by atoms with Crippen molar-refractivity contribution in [2.75, 3.05) is 19.8 Å². The number of halogens is 5. The molecular weight excluding hydrogens is 393 g/mol. The van der Waals surface area contributed by atoms with Gasteiger partial charge in [-0.2, -0.15) is 13.2 Å². The normalized spacial score (nSPS) is 13.4. The predicted molar refractivity (Wildman–Crippen MR) is 73.9 cm³/mol. The molecule has 0 fully saturated rings. The zero-order valence-corrected chi connectivity index (χ0v) is 13.3. The fraction of sp³-hybridized carbons (Fsp3) is 0.500. The zero-order valence-electron chi connectivity index (χ0n) is 10.1. The van der Waals surface area contributed by atoms with Crippen LogP contribution in [0.2, 0.25) is 0 Å². The van der Waals surface area contributed by atoms with Crippen molar-refractivity contribution in [1.82, 2.24) is 0 Å². The molecule has 0 bridgehead atoms. The third kappa shape index (κ3) is 6.14. The molecule has 1 unspecified atom stereocenters. The highest BCUT2D eigenvalue weighted by atomic mass is 79.9. The summed E-state index contributed by atoms with van der Waals surface area (Å²) in [6, 6.07) is 5.34. The van der Waals surface area contributed by atoms with Gasteiger partial charge in [0.1, 0.15) is 12.4 Å². The first-order valence-electron chi connectivity index (χ1n) is 5.54. The average Bonchev–Trinajstić information content (AvgIpc) is 2.30. The first-order valence-corrected chi connectivity index (χ1v) is 7.25. The maximum absolute atomic E-state index is 11.9. The molecule has 0 N–H and O–H groups in total. The second-order valence-corrected chi connectivity index (χ2v) is 5.68. The van der Waals surface area contributed by atoms with Gasteiger partial charge in [0.15, 0.2) is 0 Å². The molecule has 0 saturated heterocycles. The Bertz CT molecular complexity index is 410. The molecule has 108 valence electrons. The molecule has 0 spiro atoms. The van der Waals surface area contributed by atoms with Gasteiger partial charge >= 0.3 is 6.18 Å². The lowest BCUT2D eigenvalue weighted by atomic mass is 10.1. The smallest absolute Gasteiger partial charge is 0.411 e. The number of hydrogen-bond acceptors (Lipinski definition) is 2. The fourth-order valence-electron chi connectivity index (χ4n) is 1.36. The molecule has 0 aliphatic carbocycles. The molecule has 7 heteroatoms. The van der Waals surface area contributed by atoms with Gasteiger partial charge in [0.25, 0.3) is 0 Å². The van der Waals surface area contributed by atoms with Gasteiger partial charge in [0.05, 0.1) is 22.5 Å². The molecule has 2 nitrogen and oxygen atoms in total. The Morgan fingerprint density at radius 1 is 1.32 bits per heavy atom. The topological polar surface area (TPSA) is 18.5 Å². The first-order chi connectivity index (χ1) is 8.83. The minimum Gasteiger partial charge on any atom is -0.493 e. The molecule has 0 aromatic heterocycles. The molecule has 0 aliphatic heterocycles. The predicted octanol–water partition coefficient (Wildman–Crippen LogP) is 4.86. The van der Waals surface area contributed by atoms with E-state index in [0.29, 0.717) is 12.4 Å². The quantitative estimate of drug-likeness (QED) is 0.629. The molecular formula is C12H13Br2F3O2. The van der Waals surface area contributed by atoms with Crippen molar-refractivity contribution >= 4 is 31.9 Å². The van der Waals surface area contributed by atoms with Crippen molar-refractivity contribution in [2.24, 2.45) is 0 Å². The third-order valence-electron chi connectivity index (χ3n) is 2.15. The summed E-state index contributed by atoms with van der Waals surface area (Å²) in [6.07, 6.45) is -4.30. The van der Waals surface area contributed by atoms with Crippen LogP contribution in [0.3, 0.4) is 0 Å². The van der Waals surface area contributed by atoms with Crippen molar-refractivity contribution in [1.29, 1.82) is 0 Å². The highest BCUT2D eigenvalue weighted by molar-refractivity contribution is 9.10. The van der Waals surface area contributed by atoms with Crippen molar-refractivity contribution in [3.8, 4) is 5.75 Å². The van der Waals surface area contributed by atoms with Crippen LogP contribution in [0, 0.1) is 0 Å². The van der Waals surface area contributed by atoms with Crippen molar-refractivity contribution in [3.05, 3.63) is 28.2 Å². The van der Waals surface area contributed by atoms with Crippen molar-refractivity contribution in [3.63, 3.8) is 0 Å². The van der Waals surface area contributed by atoms with Crippen LogP contribution in [0.15, 0.2) is 22.7 Å². The lowest BCUT2D eigenvalue weighted by Crippen LogP contribution is -2.18. The van der Waals surface area contributed by atoms with Gasteiger partial charge in [-0.3, -0.25) is 0 Å². The van der Waals surface area contributed by atoms with Gasteiger partial charge in [0.2, 0.25) is 0 Å². The fourth-order valence-corrected chi connectivity index (χ4v) is 2.34. The highest BCUT2D eigenvalue weighted by Gasteiger charge is 2.27. The second-order valence-electron chi connectivity index (χ2n) is 3.72. The van der Waals surface area contributed by atoms with Gasteiger partial charge in [0, 0.05) is 0 Å². The number of rotatable bonds is 6. The lowest BCUT2D eigenvalue weighted by molar-refractivity contribution is -0.173. The van der Waals surface area contributed by atoms with Gasteiger partial charge in [-0.15, -0.1) is 0 Å². The third-order valence-corrected chi connectivity index (χ3v) is 3.56. The van der Waals surface area contributed by atoms with E-state index in [1.54, 1.807) is 18.2 Å². The molecule has 0 aliphatic rings. The van der Waals surface area contributed by atoms with E-state index in [1.165, 1.54) is 0 Å². The molecule has 0 radical (unpaired) electrons. The van der Waals surface area contributed by atoms with Crippen LogP contribution in [0.1, 0.15) is 17.3 Å². The molecule has 1 atom stereocenters. The molecule has 1 aromatic carbocycles. The Balaban J connectivity index is 2.57. The molecule has 19 heavy (non-hydrogen) atoms. The van der Waals surface area contributed by atoms with Crippen LogP contribution in [0.4, 0.5) is 13.2 Å². The van der Waals surface area contributed by atoms with Gasteiger partial charge < -0.3 is 9.47 Å². The summed E-state index contributed by atoms with van der Waals surface area (Å²) in [5.41, 5.74) is 0.817. The number of ether oxygens (including phenoxy) is 2. The molecule has 1 rings (SSSR count). The Morgan fingerprint density at radius 3 is 2.53 bits per heavy atom. The van der Waals surface area contributed by atoms with E-state index in [1.807, 2.05) is 6.92 Å². The van der Waals surface area contributed by atoms with Gasteiger partial charge in [-0.1, -0.05) is 22.0 Å². The monoisotopic (exact) mass is 404 g/mol. The largest absolute Gasteiger partial charge is 0.493 e. The second kappa shape index (κ2) is 7.50. The van der Waals surface area contributed by atoms with Crippen molar-refractivity contribution < 1.29 is 22.6 Å². The lowest BCUT2D eigenvalue weighted by Gasteiger charge is -2.14. The first kappa shape index (κ1) is 16.8. The van der Waals surface area contributed by atoms with Gasteiger partial charge in [-0.05, 0) is 40.5 Å². The SMILES string of the molecule is CCOc1ccc(C(Br)COCC(F)(F)F)cc1Br. The Kier molecular flexibility index (Phi) is 6.62. The maximum Gasteiger partial charge on any atom is 0.411 e. The Labute approximate surface area is 126 Å². The number of alkyl halides is 4. The standard InChI is InChI=1S/C12H13Br2F3O2/c1-2-19-11-4-3-8(5-9(11)13)10(14)6-18-7-12(15,16)17/h3-5,10H,2,6-7H2,1H3. The van der Waals surface area contributed by atoms with Crippen molar-refractivity contribution in [2.45, 2.75) is 17.9 Å². The zero-order chi connectivity index (χ0) is 14.5. The van der Waals surface area contributed by atoms with E-state index in [4.69, 9.17) is 4.74 Å². The van der Waals surface area contributed by atoms with E-state index in [2.05, 4.69) is 36.6 Å². The van der Waals surface area contributed by atoms with Crippen LogP contribution >= 0.6 is 31.9 Å². The van der Waals surface area contributed by atoms with E-state index < -0.39 is 12.8 Å². The summed E-state index contributed by atoms with van der Waals surface area (Å²) >= 11 is 6.65. The minimum absolute atomic E-state index is 0.0556. The number of benzene rings is 1. The molecule has 0 amide bonds. The number of hydrogen-bond donors (Lipinski definition) is 0. The summed E-state index contributed by atoms with van der Waals surface area (Å²) in [6.45, 7) is 1.12. The van der Waals surface area contributed by atoms with E-state index in [0.717, 1.165) is 10.0 Å². The summed E-state index contributed by atoms with van der Waals surface area (Å²) in [4.78, 5) is -0.304. The van der Waals surface area contributed by atoms with Crippen LogP contribution in [0.5, 0.6) is 5.75 Å². The van der Waals surface area contributed by atoms with Crippen LogP contribution in [-0.2, 0) is 4.74 Å². The molecule has 1 aromatic rings.